The largest absolute Gasteiger partial charge is 0.497 e. The first-order valence-corrected chi connectivity index (χ1v) is 5.46. The molecule has 0 saturated carbocycles. The Bertz CT molecular complexity index is 413. The first-order chi connectivity index (χ1) is 8.21. The quantitative estimate of drug-likeness (QED) is 0.588. The lowest BCUT2D eigenvalue weighted by Crippen LogP contribution is -2.32. The molecule has 18 heavy (non-hydrogen) atoms. The molecule has 0 radical (unpaired) electrons. The molecule has 0 spiro atoms. The number of rotatable bonds is 4. The topological polar surface area (TPSA) is 9.23 Å². The molecule has 8 heteroatoms. The molecule has 0 saturated heterocycles. The van der Waals surface area contributed by atoms with Gasteiger partial charge in [0.25, 0.3) is 0 Å². The van der Waals surface area contributed by atoms with Crippen molar-refractivity contribution in [2.24, 2.45) is 0 Å². The normalized spacial score (nSPS) is 13.8. The smallest absolute Gasteiger partial charge is 0.323 e. The summed E-state index contributed by atoms with van der Waals surface area (Å²) in [6, 6.07) is 1.27. The number of hydrogen-bond acceptors (Lipinski definition) is 1. The van der Waals surface area contributed by atoms with Crippen LogP contribution in [-0.2, 0) is 0 Å². The van der Waals surface area contributed by atoms with Crippen LogP contribution in [0.5, 0.6) is 5.75 Å². The molecular weight excluding hydrogens is 330 g/mol. The highest BCUT2D eigenvalue weighted by Gasteiger charge is 2.50. The van der Waals surface area contributed by atoms with Crippen molar-refractivity contribution < 1.29 is 31.1 Å². The molecule has 0 aliphatic rings. The van der Waals surface area contributed by atoms with Crippen molar-refractivity contribution in [1.29, 1.82) is 0 Å². The first-order valence-electron chi connectivity index (χ1n) is 4.54. The van der Waals surface area contributed by atoms with Gasteiger partial charge in [0.2, 0.25) is 0 Å². The van der Waals surface area contributed by atoms with Gasteiger partial charge in [0.15, 0.2) is 0 Å². The Labute approximate surface area is 107 Å². The van der Waals surface area contributed by atoms with E-state index in [0.717, 1.165) is 7.11 Å². The summed E-state index contributed by atoms with van der Waals surface area (Å²) < 4.78 is 81.6. The van der Waals surface area contributed by atoms with Gasteiger partial charge in [-0.2, -0.15) is 8.78 Å². The summed E-state index contributed by atoms with van der Waals surface area (Å²) >= 11 is 2.21. The maximum atomic E-state index is 13.4. The minimum absolute atomic E-state index is 0.242. The second-order valence-electron chi connectivity index (χ2n) is 3.34. The van der Waals surface area contributed by atoms with Crippen LogP contribution in [0.2, 0.25) is 0 Å². The Kier molecular flexibility index (Phi) is 4.52. The average molecular weight is 337 g/mol. The van der Waals surface area contributed by atoms with Crippen LogP contribution >= 0.6 is 15.9 Å². The van der Waals surface area contributed by atoms with Crippen LogP contribution in [0.25, 0.3) is 0 Å². The molecule has 0 aromatic heterocycles. The van der Waals surface area contributed by atoms with E-state index in [1.165, 1.54) is 0 Å². The zero-order valence-electron chi connectivity index (χ0n) is 8.86. The van der Waals surface area contributed by atoms with Crippen LogP contribution in [0.15, 0.2) is 12.1 Å². The Balaban J connectivity index is 3.26. The van der Waals surface area contributed by atoms with E-state index in [0.29, 0.717) is 12.1 Å². The van der Waals surface area contributed by atoms with Crippen molar-refractivity contribution in [2.75, 3.05) is 7.11 Å². The summed E-state index contributed by atoms with van der Waals surface area (Å²) in [4.78, 5) is -2.48. The predicted molar refractivity (Wildman–Crippen MR) is 55.5 cm³/mol. The first kappa shape index (κ1) is 15.1. The lowest BCUT2D eigenvalue weighted by atomic mass is 10.1. The van der Waals surface area contributed by atoms with Crippen molar-refractivity contribution in [1.82, 2.24) is 0 Å². The highest BCUT2D eigenvalue weighted by atomic mass is 79.9. The monoisotopic (exact) mass is 336 g/mol. The van der Waals surface area contributed by atoms with Gasteiger partial charge in [0.05, 0.1) is 7.11 Å². The number of halogens is 7. The van der Waals surface area contributed by atoms with Crippen LogP contribution < -0.4 is 4.74 Å². The molecule has 0 heterocycles. The van der Waals surface area contributed by atoms with Gasteiger partial charge in [-0.3, -0.25) is 0 Å². The van der Waals surface area contributed by atoms with Crippen LogP contribution in [-0.4, -0.2) is 19.5 Å². The molecule has 0 fully saturated rings. The zero-order valence-corrected chi connectivity index (χ0v) is 10.4. The summed E-state index contributed by atoms with van der Waals surface area (Å²) in [5, 5.41) is 0. The van der Waals surface area contributed by atoms with Gasteiger partial charge in [-0.25, -0.2) is 17.6 Å². The Morgan fingerprint density at radius 1 is 1.17 bits per heavy atom. The molecule has 0 bridgehead atoms. The van der Waals surface area contributed by atoms with Crippen LogP contribution in [0.4, 0.5) is 26.3 Å². The molecule has 0 N–H and O–H groups in total. The number of ether oxygens (including phenoxy) is 1. The number of methoxy groups -OCH3 is 1. The van der Waals surface area contributed by atoms with Gasteiger partial charge in [0, 0.05) is 17.7 Å². The minimum atomic E-state index is -4.60. The van der Waals surface area contributed by atoms with Crippen molar-refractivity contribution >= 4 is 15.9 Å². The summed E-state index contributed by atoms with van der Waals surface area (Å²) in [5.41, 5.74) is -1.17. The summed E-state index contributed by atoms with van der Waals surface area (Å²) in [5.74, 6) is -7.63. The maximum Gasteiger partial charge on any atom is 0.323 e. The predicted octanol–water partition coefficient (Wildman–Crippen LogP) is 4.31. The summed E-state index contributed by atoms with van der Waals surface area (Å²) in [7, 11) is 1.12. The molecule has 1 rings (SSSR count). The maximum absolute atomic E-state index is 13.4. The van der Waals surface area contributed by atoms with E-state index in [1.54, 1.807) is 0 Å². The summed E-state index contributed by atoms with van der Waals surface area (Å²) in [6.07, 6.45) is -4.05. The van der Waals surface area contributed by atoms with E-state index in [1.807, 2.05) is 0 Å². The van der Waals surface area contributed by atoms with E-state index in [-0.39, 0.29) is 5.75 Å². The fraction of sp³-hybridized carbons (Fsp3) is 0.400. The lowest BCUT2D eigenvalue weighted by Gasteiger charge is -2.22. The Morgan fingerprint density at radius 2 is 1.61 bits per heavy atom. The molecule has 1 aromatic carbocycles. The van der Waals surface area contributed by atoms with Crippen LogP contribution in [0.3, 0.4) is 0 Å². The van der Waals surface area contributed by atoms with Gasteiger partial charge >= 0.3 is 12.3 Å². The van der Waals surface area contributed by atoms with Crippen molar-refractivity contribution in [3.8, 4) is 5.75 Å². The number of hydrogen-bond donors (Lipinski definition) is 0. The van der Waals surface area contributed by atoms with Gasteiger partial charge in [-0.05, 0) is 0 Å². The molecular formula is C10H7BrF6O. The van der Waals surface area contributed by atoms with Crippen molar-refractivity contribution in [3.05, 3.63) is 29.3 Å². The fourth-order valence-electron chi connectivity index (χ4n) is 1.22. The molecule has 0 aliphatic carbocycles. The van der Waals surface area contributed by atoms with Crippen molar-refractivity contribution in [2.45, 2.75) is 17.2 Å². The van der Waals surface area contributed by atoms with Crippen LogP contribution in [0, 0.1) is 11.6 Å². The average Bonchev–Trinajstić information content (AvgIpc) is 2.27. The van der Waals surface area contributed by atoms with Crippen LogP contribution in [0.1, 0.15) is 10.4 Å². The molecule has 1 unspecified atom stereocenters. The number of alkyl halides is 5. The third-order valence-corrected chi connectivity index (χ3v) is 3.24. The van der Waals surface area contributed by atoms with E-state index in [4.69, 9.17) is 0 Å². The third-order valence-electron chi connectivity index (χ3n) is 2.17. The van der Waals surface area contributed by atoms with Gasteiger partial charge in [-0.15, -0.1) is 0 Å². The minimum Gasteiger partial charge on any atom is -0.497 e. The highest BCUT2D eigenvalue weighted by molar-refractivity contribution is 9.09. The Morgan fingerprint density at radius 3 is 1.94 bits per heavy atom. The standard InChI is InChI=1S/C10H7BrF6O/c1-18-4-2-5(12)7(6(13)3-4)8(11)10(16,17)9(14)15/h2-3,8-9H,1H3. The second kappa shape index (κ2) is 5.38. The number of benzene rings is 1. The molecule has 1 aromatic rings. The molecule has 1 atom stereocenters. The van der Waals surface area contributed by atoms with E-state index in [9.17, 15) is 26.3 Å². The summed E-state index contributed by atoms with van der Waals surface area (Å²) in [6.45, 7) is 0. The zero-order chi connectivity index (χ0) is 14.1. The fourth-order valence-corrected chi connectivity index (χ4v) is 1.86. The highest BCUT2D eigenvalue weighted by Crippen LogP contribution is 2.44. The van der Waals surface area contributed by atoms with Gasteiger partial charge in [-0.1, -0.05) is 15.9 Å². The second-order valence-corrected chi connectivity index (χ2v) is 4.26. The molecule has 0 aliphatic heterocycles. The van der Waals surface area contributed by atoms with E-state index in [2.05, 4.69) is 20.7 Å². The molecule has 0 amide bonds. The SMILES string of the molecule is COc1cc(F)c(C(Br)C(F)(F)C(F)F)c(F)c1. The van der Waals surface area contributed by atoms with E-state index < -0.39 is 34.4 Å². The van der Waals surface area contributed by atoms with E-state index >= 15 is 0 Å². The molecule has 1 nitrogen and oxygen atoms in total. The molecule has 102 valence electrons. The lowest BCUT2D eigenvalue weighted by molar-refractivity contribution is -0.128. The third kappa shape index (κ3) is 2.73. The van der Waals surface area contributed by atoms with Crippen molar-refractivity contribution in [3.63, 3.8) is 0 Å². The van der Waals surface area contributed by atoms with Gasteiger partial charge in [0.1, 0.15) is 22.2 Å². The Hall–Kier alpha value is -0.920. The van der Waals surface area contributed by atoms with Gasteiger partial charge < -0.3 is 4.74 Å².